The van der Waals surface area contributed by atoms with Crippen LogP contribution in [0.2, 0.25) is 0 Å². The Bertz CT molecular complexity index is 892. The van der Waals surface area contributed by atoms with Crippen LogP contribution in [0, 0.1) is 10.1 Å². The number of amides is 1. The Kier molecular flexibility index (Phi) is 5.64. The molecule has 1 amide bonds. The van der Waals surface area contributed by atoms with Gasteiger partial charge in [0.1, 0.15) is 5.52 Å². The number of fused-ring (bicyclic) bond motifs is 1. The van der Waals surface area contributed by atoms with Gasteiger partial charge in [-0.1, -0.05) is 24.3 Å². The van der Waals surface area contributed by atoms with Crippen LogP contribution in [0.3, 0.4) is 0 Å². The number of nitro benzene ring substituents is 1. The summed E-state index contributed by atoms with van der Waals surface area (Å²) in [6, 6.07) is 11.1. The van der Waals surface area contributed by atoms with Crippen molar-refractivity contribution in [2.75, 3.05) is 0 Å². The van der Waals surface area contributed by atoms with E-state index < -0.39 is 4.92 Å². The van der Waals surface area contributed by atoms with Crippen LogP contribution in [0.1, 0.15) is 5.56 Å². The summed E-state index contributed by atoms with van der Waals surface area (Å²) in [4.78, 5) is 24.7. The van der Waals surface area contributed by atoms with Crippen molar-refractivity contribution in [1.82, 2.24) is 15.0 Å². The first-order valence-electron chi connectivity index (χ1n) is 6.65. The van der Waals surface area contributed by atoms with Crippen molar-refractivity contribution < 1.29 is 47.6 Å². The van der Waals surface area contributed by atoms with Gasteiger partial charge in [-0.2, -0.15) is 11.1 Å². The summed E-state index contributed by atoms with van der Waals surface area (Å²) in [6.45, 7) is 0.353. The van der Waals surface area contributed by atoms with E-state index in [1.54, 1.807) is 30.7 Å². The van der Waals surface area contributed by atoms with Gasteiger partial charge < -0.3 is 15.3 Å². The zero-order valence-corrected chi connectivity index (χ0v) is 15.2. The number of non-ortho nitro benzene ring substituents is 1. The molecule has 1 aromatic heterocycles. The van der Waals surface area contributed by atoms with Crippen LogP contribution >= 0.6 is 0 Å². The minimum absolute atomic E-state index is 0. The van der Waals surface area contributed by atoms with E-state index in [4.69, 9.17) is 0 Å². The van der Waals surface area contributed by atoms with Gasteiger partial charge in [0.25, 0.3) is 5.69 Å². The summed E-state index contributed by atoms with van der Waals surface area (Å²) in [7, 11) is 0. The summed E-state index contributed by atoms with van der Waals surface area (Å²) in [6.07, 6.45) is 1.59. The molecular weight excluding hydrogens is 389 g/mol. The number of benzene rings is 2. The number of nitrogens with zero attached hydrogens (tertiary/aromatic N) is 3. The molecule has 0 saturated heterocycles. The second-order valence-corrected chi connectivity index (χ2v) is 4.83. The molecule has 1 heterocycles. The quantitative estimate of drug-likeness (QED) is 0.224. The molecule has 0 aliphatic carbocycles. The van der Waals surface area contributed by atoms with Crippen LogP contribution in [0.4, 0.5) is 5.69 Å². The Morgan fingerprint density at radius 3 is 2.58 bits per heavy atom. The first kappa shape index (κ1) is 18.0. The van der Waals surface area contributed by atoms with Crippen LogP contribution in [0.5, 0.6) is 0 Å². The number of rotatable bonds is 5. The molecule has 2 aromatic carbocycles. The number of aromatic nitrogens is 2. The molecule has 1 radical (unpaired) electrons. The standard InChI is InChI=1S/C15H11N4O4.Y/c20-9-16-8-10-1-3-11(4-2-10)15-17-13-6-5-12(19(22)23)7-14(13)18(15)21;/h1-7,21H,8H2,(H,16,20);/q-1;. The molecule has 9 heteroatoms. The SMILES string of the molecule is O=[C-]NCc1ccc(-c2nc3ccc([N+](=O)[O-])cc3n2O)cc1.[Y]. The number of hydrogen-bond donors (Lipinski definition) is 2. The summed E-state index contributed by atoms with van der Waals surface area (Å²) < 4.78 is 0.828. The minimum Gasteiger partial charge on any atom is -0.526 e. The van der Waals surface area contributed by atoms with Gasteiger partial charge in [0, 0.05) is 57.0 Å². The van der Waals surface area contributed by atoms with Crippen molar-refractivity contribution in [2.45, 2.75) is 6.54 Å². The van der Waals surface area contributed by atoms with Crippen LogP contribution in [0.15, 0.2) is 42.5 Å². The third-order valence-corrected chi connectivity index (χ3v) is 3.40. The number of hydrogen-bond acceptors (Lipinski definition) is 5. The molecule has 2 N–H and O–H groups in total. The normalized spacial score (nSPS) is 10.2. The van der Waals surface area contributed by atoms with Crippen molar-refractivity contribution in [3.05, 3.63) is 58.1 Å². The van der Waals surface area contributed by atoms with Crippen molar-refractivity contribution in [1.29, 1.82) is 0 Å². The molecule has 0 aliphatic rings. The van der Waals surface area contributed by atoms with Crippen molar-refractivity contribution in [3.8, 4) is 11.4 Å². The Morgan fingerprint density at radius 1 is 1.25 bits per heavy atom. The first-order valence-corrected chi connectivity index (χ1v) is 6.65. The maximum absolute atomic E-state index is 10.8. The average Bonchev–Trinajstić information content (AvgIpc) is 2.90. The summed E-state index contributed by atoms with van der Waals surface area (Å²) in [5, 5.41) is 23.5. The van der Waals surface area contributed by atoms with Gasteiger partial charge in [0.15, 0.2) is 5.82 Å². The molecule has 0 spiro atoms. The molecule has 119 valence electrons. The third kappa shape index (κ3) is 3.44. The van der Waals surface area contributed by atoms with E-state index in [0.717, 1.165) is 10.3 Å². The van der Waals surface area contributed by atoms with Gasteiger partial charge in [0.05, 0.1) is 10.4 Å². The fourth-order valence-electron chi connectivity index (χ4n) is 2.26. The van der Waals surface area contributed by atoms with E-state index in [1.807, 2.05) is 0 Å². The minimum atomic E-state index is -0.530. The van der Waals surface area contributed by atoms with Gasteiger partial charge >= 0.3 is 0 Å². The zero-order valence-electron chi connectivity index (χ0n) is 12.3. The van der Waals surface area contributed by atoms with Crippen molar-refractivity contribution >= 4 is 23.1 Å². The van der Waals surface area contributed by atoms with E-state index in [1.165, 1.54) is 18.2 Å². The molecule has 0 unspecified atom stereocenters. The van der Waals surface area contributed by atoms with E-state index in [9.17, 15) is 20.1 Å². The van der Waals surface area contributed by atoms with Gasteiger partial charge in [-0.15, -0.1) is 0 Å². The summed E-state index contributed by atoms with van der Waals surface area (Å²) in [5.74, 6) is 0.280. The number of imidazole rings is 1. The average molecular weight is 400 g/mol. The smallest absolute Gasteiger partial charge is 0.271 e. The van der Waals surface area contributed by atoms with Crippen LogP contribution in [-0.4, -0.2) is 26.3 Å². The summed E-state index contributed by atoms with van der Waals surface area (Å²) in [5.41, 5.74) is 2.11. The third-order valence-electron chi connectivity index (χ3n) is 3.40. The second kappa shape index (κ2) is 7.50. The fraction of sp³-hybridized carbons (Fsp3) is 0.0667. The van der Waals surface area contributed by atoms with E-state index in [0.29, 0.717) is 17.6 Å². The predicted molar refractivity (Wildman–Crippen MR) is 81.5 cm³/mol. The van der Waals surface area contributed by atoms with Crippen LogP contribution in [0.25, 0.3) is 22.4 Å². The Labute approximate surface area is 161 Å². The first-order chi connectivity index (χ1) is 11.1. The molecule has 0 saturated carbocycles. The molecule has 24 heavy (non-hydrogen) atoms. The number of carbonyl (C=O) groups excluding carboxylic acids is 1. The van der Waals surface area contributed by atoms with Crippen molar-refractivity contribution in [3.63, 3.8) is 0 Å². The molecular formula is C15H11N4O4Y-. The number of nitro groups is 1. The number of nitrogens with one attached hydrogen (secondary N) is 1. The van der Waals surface area contributed by atoms with Crippen molar-refractivity contribution in [2.24, 2.45) is 0 Å². The van der Waals surface area contributed by atoms with E-state index >= 15 is 0 Å². The molecule has 0 fully saturated rings. The predicted octanol–water partition coefficient (Wildman–Crippen LogP) is 2.00. The summed E-state index contributed by atoms with van der Waals surface area (Å²) >= 11 is 0. The molecule has 0 bridgehead atoms. The van der Waals surface area contributed by atoms with Crippen LogP contribution in [-0.2, 0) is 44.0 Å². The molecule has 3 aromatic rings. The zero-order chi connectivity index (χ0) is 16.4. The van der Waals surface area contributed by atoms with Gasteiger partial charge in [-0.05, 0) is 11.6 Å². The Hall–Kier alpha value is -2.32. The van der Waals surface area contributed by atoms with Gasteiger partial charge in [-0.3, -0.25) is 10.1 Å². The maximum atomic E-state index is 10.8. The molecule has 3 rings (SSSR count). The van der Waals surface area contributed by atoms with Gasteiger partial charge in [-0.25, -0.2) is 4.98 Å². The monoisotopic (exact) mass is 400 g/mol. The maximum Gasteiger partial charge on any atom is 0.271 e. The fourth-order valence-corrected chi connectivity index (χ4v) is 2.26. The van der Waals surface area contributed by atoms with E-state index in [2.05, 4.69) is 10.3 Å². The van der Waals surface area contributed by atoms with Gasteiger partial charge in [0.2, 0.25) is 0 Å². The Morgan fingerprint density at radius 2 is 1.96 bits per heavy atom. The Balaban J connectivity index is 0.00000208. The topological polar surface area (TPSA) is 110 Å². The van der Waals surface area contributed by atoms with E-state index in [-0.39, 0.29) is 49.7 Å². The van der Waals surface area contributed by atoms with Crippen LogP contribution < -0.4 is 5.32 Å². The largest absolute Gasteiger partial charge is 0.526 e. The molecule has 0 aliphatic heterocycles. The molecule has 0 atom stereocenters. The molecule has 8 nitrogen and oxygen atoms in total. The second-order valence-electron chi connectivity index (χ2n) is 4.83.